The van der Waals surface area contributed by atoms with Crippen LogP contribution in [0.5, 0.6) is 0 Å². The highest BCUT2D eigenvalue weighted by atomic mass is 16.5. The highest BCUT2D eigenvalue weighted by molar-refractivity contribution is 5.26. The zero-order chi connectivity index (χ0) is 14.5. The number of aromatic nitrogens is 2. The van der Waals surface area contributed by atoms with Gasteiger partial charge in [-0.3, -0.25) is 0 Å². The molecule has 0 aliphatic carbocycles. The molecule has 1 rings (SSSR count). The van der Waals surface area contributed by atoms with Crippen LogP contribution in [-0.4, -0.2) is 23.6 Å². The summed E-state index contributed by atoms with van der Waals surface area (Å²) in [6.07, 6.45) is 3.68. The third-order valence-corrected chi connectivity index (χ3v) is 3.99. The van der Waals surface area contributed by atoms with Gasteiger partial charge in [0.25, 0.3) is 0 Å². The van der Waals surface area contributed by atoms with Crippen LogP contribution in [0, 0.1) is 13.8 Å². The van der Waals surface area contributed by atoms with Gasteiger partial charge in [-0.15, -0.1) is 0 Å². The normalized spacial score (nSPS) is 11.9. The lowest BCUT2D eigenvalue weighted by molar-refractivity contribution is -0.0294. The Hall–Kier alpha value is -1.00. The Morgan fingerprint density at radius 1 is 1.11 bits per heavy atom. The van der Waals surface area contributed by atoms with Gasteiger partial charge in [0.15, 0.2) is 5.82 Å². The van der Waals surface area contributed by atoms with Crippen molar-refractivity contribution in [2.24, 2.45) is 5.73 Å². The number of hydrogen-bond acceptors (Lipinski definition) is 4. The molecule has 0 aliphatic heterocycles. The molecule has 0 bridgehead atoms. The summed E-state index contributed by atoms with van der Waals surface area (Å²) in [6.45, 7) is 9.03. The average Bonchev–Trinajstić information content (AvgIpc) is 2.40. The zero-order valence-electron chi connectivity index (χ0n) is 12.9. The topological polar surface area (TPSA) is 61.0 Å². The summed E-state index contributed by atoms with van der Waals surface area (Å²) in [5.41, 5.74) is 8.56. The maximum absolute atomic E-state index is 5.71. The summed E-state index contributed by atoms with van der Waals surface area (Å²) in [7, 11) is 1.74. The molecule has 0 saturated carbocycles. The third kappa shape index (κ3) is 3.31. The zero-order valence-corrected chi connectivity index (χ0v) is 12.9. The van der Waals surface area contributed by atoms with Crippen LogP contribution in [0.2, 0.25) is 0 Å². The van der Waals surface area contributed by atoms with E-state index in [1.54, 1.807) is 7.11 Å². The molecule has 0 spiro atoms. The number of nitrogens with two attached hydrogens (primary N) is 1. The molecule has 0 radical (unpaired) electrons. The van der Waals surface area contributed by atoms with Gasteiger partial charge < -0.3 is 10.5 Å². The van der Waals surface area contributed by atoms with Crippen LogP contribution in [0.25, 0.3) is 0 Å². The SMILES string of the molecule is CCC(CC)(OC)c1nc(C)c(CCCN)c(C)n1. The number of nitrogens with zero attached hydrogens (tertiary/aromatic N) is 2. The van der Waals surface area contributed by atoms with Crippen molar-refractivity contribution < 1.29 is 4.74 Å². The van der Waals surface area contributed by atoms with E-state index in [4.69, 9.17) is 20.4 Å². The molecule has 1 aromatic rings. The van der Waals surface area contributed by atoms with Gasteiger partial charge in [-0.05, 0) is 51.6 Å². The molecular weight excluding hydrogens is 238 g/mol. The van der Waals surface area contributed by atoms with Crippen molar-refractivity contribution in [3.05, 3.63) is 22.8 Å². The van der Waals surface area contributed by atoms with Gasteiger partial charge in [0.05, 0.1) is 0 Å². The Bertz CT molecular complexity index is 383. The van der Waals surface area contributed by atoms with Gasteiger partial charge >= 0.3 is 0 Å². The molecule has 0 atom stereocenters. The monoisotopic (exact) mass is 265 g/mol. The van der Waals surface area contributed by atoms with E-state index in [1.165, 1.54) is 5.56 Å². The van der Waals surface area contributed by atoms with Gasteiger partial charge in [-0.25, -0.2) is 9.97 Å². The van der Waals surface area contributed by atoms with Crippen LogP contribution in [0.15, 0.2) is 0 Å². The molecule has 0 amide bonds. The predicted octanol–water partition coefficient (Wildman–Crippen LogP) is 2.65. The maximum atomic E-state index is 5.71. The van der Waals surface area contributed by atoms with Gasteiger partial charge in [0.1, 0.15) is 5.60 Å². The number of rotatable bonds is 7. The van der Waals surface area contributed by atoms with Gasteiger partial charge in [0.2, 0.25) is 0 Å². The molecule has 0 aliphatic rings. The molecule has 4 heteroatoms. The molecule has 1 aromatic heterocycles. The standard InChI is InChI=1S/C15H27N3O/c1-6-15(7-2,19-5)14-17-11(3)13(9-8-10-16)12(4)18-14/h6-10,16H2,1-5H3. The lowest BCUT2D eigenvalue weighted by Gasteiger charge is -2.29. The first-order valence-electron chi connectivity index (χ1n) is 7.14. The number of methoxy groups -OCH3 is 1. The van der Waals surface area contributed by atoms with Crippen molar-refractivity contribution in [2.45, 2.75) is 59.0 Å². The van der Waals surface area contributed by atoms with E-state index in [9.17, 15) is 0 Å². The van der Waals surface area contributed by atoms with Crippen molar-refractivity contribution in [1.29, 1.82) is 0 Å². The van der Waals surface area contributed by atoms with E-state index < -0.39 is 0 Å². The highest BCUT2D eigenvalue weighted by Gasteiger charge is 2.32. The van der Waals surface area contributed by atoms with Crippen LogP contribution in [0.3, 0.4) is 0 Å². The minimum absolute atomic E-state index is 0.359. The molecule has 1 heterocycles. The molecule has 2 N–H and O–H groups in total. The third-order valence-electron chi connectivity index (χ3n) is 3.99. The molecule has 0 fully saturated rings. The second-order valence-corrected chi connectivity index (χ2v) is 4.99. The first kappa shape index (κ1) is 16.1. The first-order chi connectivity index (χ1) is 9.04. The molecule has 0 saturated heterocycles. The first-order valence-corrected chi connectivity index (χ1v) is 7.14. The van der Waals surface area contributed by atoms with Crippen molar-refractivity contribution in [2.75, 3.05) is 13.7 Å². The highest BCUT2D eigenvalue weighted by Crippen LogP contribution is 2.30. The van der Waals surface area contributed by atoms with E-state index >= 15 is 0 Å². The molecule has 19 heavy (non-hydrogen) atoms. The summed E-state index contributed by atoms with van der Waals surface area (Å²) in [5.74, 6) is 0.812. The van der Waals surface area contributed by atoms with Gasteiger partial charge in [0, 0.05) is 18.5 Å². The van der Waals surface area contributed by atoms with E-state index in [-0.39, 0.29) is 5.60 Å². The summed E-state index contributed by atoms with van der Waals surface area (Å²) < 4.78 is 5.71. The van der Waals surface area contributed by atoms with Crippen molar-refractivity contribution in [3.8, 4) is 0 Å². The molecular formula is C15H27N3O. The van der Waals surface area contributed by atoms with Crippen molar-refractivity contribution in [3.63, 3.8) is 0 Å². The average molecular weight is 265 g/mol. The second kappa shape index (κ2) is 6.96. The summed E-state index contributed by atoms with van der Waals surface area (Å²) in [4.78, 5) is 9.39. The van der Waals surface area contributed by atoms with E-state index in [0.29, 0.717) is 6.54 Å². The lowest BCUT2D eigenvalue weighted by atomic mass is 9.95. The minimum atomic E-state index is -0.359. The summed E-state index contributed by atoms with van der Waals surface area (Å²) >= 11 is 0. The Labute approximate surface area is 116 Å². The number of ether oxygens (including phenoxy) is 1. The minimum Gasteiger partial charge on any atom is -0.370 e. The quantitative estimate of drug-likeness (QED) is 0.823. The van der Waals surface area contributed by atoms with Crippen molar-refractivity contribution >= 4 is 0 Å². The Morgan fingerprint density at radius 2 is 1.63 bits per heavy atom. The Kier molecular flexibility index (Phi) is 5.88. The molecule has 4 nitrogen and oxygen atoms in total. The van der Waals surface area contributed by atoms with Crippen LogP contribution >= 0.6 is 0 Å². The molecule has 0 unspecified atom stereocenters. The summed E-state index contributed by atoms with van der Waals surface area (Å²) in [5, 5.41) is 0. The van der Waals surface area contributed by atoms with E-state index in [2.05, 4.69) is 27.7 Å². The second-order valence-electron chi connectivity index (χ2n) is 4.99. The Morgan fingerprint density at radius 3 is 2.00 bits per heavy atom. The maximum Gasteiger partial charge on any atom is 0.160 e. The lowest BCUT2D eigenvalue weighted by Crippen LogP contribution is -2.30. The fraction of sp³-hybridized carbons (Fsp3) is 0.733. The van der Waals surface area contributed by atoms with Crippen LogP contribution in [0.4, 0.5) is 0 Å². The van der Waals surface area contributed by atoms with Crippen LogP contribution < -0.4 is 5.73 Å². The smallest absolute Gasteiger partial charge is 0.160 e. The van der Waals surface area contributed by atoms with Gasteiger partial charge in [-0.2, -0.15) is 0 Å². The predicted molar refractivity (Wildman–Crippen MR) is 78.2 cm³/mol. The van der Waals surface area contributed by atoms with Gasteiger partial charge in [-0.1, -0.05) is 13.8 Å². The van der Waals surface area contributed by atoms with E-state index in [0.717, 1.165) is 42.9 Å². The number of hydrogen-bond donors (Lipinski definition) is 1. The largest absolute Gasteiger partial charge is 0.370 e. The number of aryl methyl sites for hydroxylation is 2. The van der Waals surface area contributed by atoms with Crippen LogP contribution in [0.1, 0.15) is 55.9 Å². The molecule has 0 aromatic carbocycles. The Balaban J connectivity index is 3.19. The van der Waals surface area contributed by atoms with Crippen molar-refractivity contribution in [1.82, 2.24) is 9.97 Å². The molecule has 108 valence electrons. The summed E-state index contributed by atoms with van der Waals surface area (Å²) in [6, 6.07) is 0. The van der Waals surface area contributed by atoms with E-state index in [1.807, 2.05) is 0 Å². The van der Waals surface area contributed by atoms with Crippen LogP contribution in [-0.2, 0) is 16.8 Å². The fourth-order valence-electron chi connectivity index (χ4n) is 2.53. The fourth-order valence-corrected chi connectivity index (χ4v) is 2.53.